The summed E-state index contributed by atoms with van der Waals surface area (Å²) in [5.74, 6) is -1.27. The number of aryl methyl sites for hydroxylation is 1. The van der Waals surface area contributed by atoms with Crippen molar-refractivity contribution < 1.29 is 19.1 Å². The zero-order chi connectivity index (χ0) is 20.0. The minimum absolute atomic E-state index is 0.248. The van der Waals surface area contributed by atoms with E-state index in [1.165, 1.54) is 13.2 Å². The second-order valence-electron chi connectivity index (χ2n) is 5.80. The maximum Gasteiger partial charge on any atom is 0.337 e. The van der Waals surface area contributed by atoms with Crippen molar-refractivity contribution >= 4 is 45.1 Å². The number of hydrogen-bond donors (Lipinski definition) is 2. The first-order chi connectivity index (χ1) is 12.8. The van der Waals surface area contributed by atoms with Crippen LogP contribution in [0.15, 0.2) is 58.6 Å². The molecule has 0 radical (unpaired) electrons. The van der Waals surface area contributed by atoms with Gasteiger partial charge in [-0.1, -0.05) is 15.9 Å². The van der Waals surface area contributed by atoms with E-state index in [1.807, 2.05) is 19.1 Å². The van der Waals surface area contributed by atoms with Crippen molar-refractivity contribution in [2.75, 3.05) is 17.7 Å². The van der Waals surface area contributed by atoms with Gasteiger partial charge in [0.15, 0.2) is 0 Å². The molecule has 2 N–H and O–H groups in total. The van der Waals surface area contributed by atoms with Gasteiger partial charge in [0.2, 0.25) is 5.91 Å². The molecule has 0 heterocycles. The SMILES string of the molecule is COC(=O)c1ccc(NC(=O)/C(C)=C/C(=O)Nc2ccc(Br)c(C)c2)cc1. The first-order valence-corrected chi connectivity index (χ1v) is 8.84. The molecule has 2 rings (SSSR count). The highest BCUT2D eigenvalue weighted by molar-refractivity contribution is 9.10. The smallest absolute Gasteiger partial charge is 0.337 e. The molecular formula is C20H19BrN2O4. The van der Waals surface area contributed by atoms with E-state index in [1.54, 1.807) is 37.3 Å². The van der Waals surface area contributed by atoms with Crippen LogP contribution in [0.2, 0.25) is 0 Å². The van der Waals surface area contributed by atoms with Crippen molar-refractivity contribution in [2.24, 2.45) is 0 Å². The maximum absolute atomic E-state index is 12.2. The zero-order valence-electron chi connectivity index (χ0n) is 15.1. The quantitative estimate of drug-likeness (QED) is 0.552. The number of halogens is 1. The molecule has 0 aliphatic heterocycles. The van der Waals surface area contributed by atoms with E-state index in [9.17, 15) is 14.4 Å². The standard InChI is InChI=1S/C20H19BrN2O4/c1-12-10-16(8-9-17(12)21)22-18(24)11-13(2)19(25)23-15-6-4-14(5-7-15)20(26)27-3/h4-11H,1-3H3,(H,22,24)(H,23,25)/b13-11+. The summed E-state index contributed by atoms with van der Waals surface area (Å²) >= 11 is 3.40. The number of nitrogens with one attached hydrogen (secondary N) is 2. The van der Waals surface area contributed by atoms with Gasteiger partial charge in [-0.2, -0.15) is 0 Å². The molecule has 2 aromatic rings. The van der Waals surface area contributed by atoms with Gasteiger partial charge in [0.05, 0.1) is 12.7 Å². The van der Waals surface area contributed by atoms with Gasteiger partial charge in [-0.3, -0.25) is 9.59 Å². The summed E-state index contributed by atoms with van der Waals surface area (Å²) in [7, 11) is 1.30. The predicted molar refractivity (Wildman–Crippen MR) is 108 cm³/mol. The van der Waals surface area contributed by atoms with Gasteiger partial charge in [-0.15, -0.1) is 0 Å². The topological polar surface area (TPSA) is 84.5 Å². The summed E-state index contributed by atoms with van der Waals surface area (Å²) in [4.78, 5) is 35.7. The Morgan fingerprint density at radius 3 is 2.22 bits per heavy atom. The highest BCUT2D eigenvalue weighted by atomic mass is 79.9. The summed E-state index contributed by atoms with van der Waals surface area (Å²) in [6.07, 6.45) is 1.23. The number of carbonyl (C=O) groups excluding carboxylic acids is 3. The molecule has 6 nitrogen and oxygen atoms in total. The molecule has 0 fully saturated rings. The average Bonchev–Trinajstić information content (AvgIpc) is 2.64. The van der Waals surface area contributed by atoms with E-state index in [0.717, 1.165) is 10.0 Å². The van der Waals surface area contributed by atoms with Crippen LogP contribution in [0.5, 0.6) is 0 Å². The number of rotatable bonds is 5. The highest BCUT2D eigenvalue weighted by Gasteiger charge is 2.09. The average molecular weight is 431 g/mol. The summed E-state index contributed by atoms with van der Waals surface area (Å²) in [6, 6.07) is 11.7. The fourth-order valence-electron chi connectivity index (χ4n) is 2.20. The Morgan fingerprint density at radius 1 is 1.00 bits per heavy atom. The van der Waals surface area contributed by atoms with Crippen molar-refractivity contribution in [1.29, 1.82) is 0 Å². The monoisotopic (exact) mass is 430 g/mol. The molecule has 0 unspecified atom stereocenters. The lowest BCUT2D eigenvalue weighted by Gasteiger charge is -2.07. The van der Waals surface area contributed by atoms with Crippen molar-refractivity contribution in [1.82, 2.24) is 0 Å². The molecule has 2 amide bonds. The van der Waals surface area contributed by atoms with Crippen molar-refractivity contribution in [3.05, 3.63) is 69.7 Å². The second-order valence-corrected chi connectivity index (χ2v) is 6.66. The summed E-state index contributed by atoms with van der Waals surface area (Å²) in [5.41, 5.74) is 2.76. The largest absolute Gasteiger partial charge is 0.465 e. The van der Waals surface area contributed by atoms with Gasteiger partial charge in [0, 0.05) is 27.5 Å². The van der Waals surface area contributed by atoms with E-state index < -0.39 is 17.8 Å². The molecule has 0 aliphatic rings. The van der Waals surface area contributed by atoms with Crippen LogP contribution in [0.1, 0.15) is 22.8 Å². The van der Waals surface area contributed by atoms with Crippen LogP contribution in [-0.4, -0.2) is 24.9 Å². The van der Waals surface area contributed by atoms with Crippen molar-refractivity contribution in [3.8, 4) is 0 Å². The Hall–Kier alpha value is -2.93. The molecule has 0 aliphatic carbocycles. The number of amides is 2. The van der Waals surface area contributed by atoms with Crippen LogP contribution in [-0.2, 0) is 14.3 Å². The van der Waals surface area contributed by atoms with Gasteiger partial charge >= 0.3 is 5.97 Å². The first kappa shape index (κ1) is 20.4. The third kappa shape index (κ3) is 5.79. The summed E-state index contributed by atoms with van der Waals surface area (Å²) in [5, 5.41) is 5.38. The van der Waals surface area contributed by atoms with Gasteiger partial charge in [-0.05, 0) is 61.9 Å². The number of methoxy groups -OCH3 is 1. The fourth-order valence-corrected chi connectivity index (χ4v) is 2.45. The van der Waals surface area contributed by atoms with Crippen molar-refractivity contribution in [3.63, 3.8) is 0 Å². The number of carbonyl (C=O) groups is 3. The van der Waals surface area contributed by atoms with Crippen LogP contribution in [0, 0.1) is 6.92 Å². The van der Waals surface area contributed by atoms with Gasteiger partial charge in [0.25, 0.3) is 5.91 Å². The van der Waals surface area contributed by atoms with Gasteiger partial charge in [-0.25, -0.2) is 4.79 Å². The molecule has 140 valence electrons. The van der Waals surface area contributed by atoms with Crippen LogP contribution in [0.3, 0.4) is 0 Å². The Morgan fingerprint density at radius 2 is 1.63 bits per heavy atom. The second kappa shape index (κ2) is 9.14. The number of anilines is 2. The summed E-state index contributed by atoms with van der Waals surface area (Å²) in [6.45, 7) is 3.46. The van der Waals surface area contributed by atoms with Crippen molar-refractivity contribution in [2.45, 2.75) is 13.8 Å². The Bertz CT molecular complexity index is 905. The summed E-state index contributed by atoms with van der Waals surface area (Å²) < 4.78 is 5.57. The lowest BCUT2D eigenvalue weighted by atomic mass is 10.2. The Kier molecular flexibility index (Phi) is 6.90. The van der Waals surface area contributed by atoms with E-state index in [2.05, 4.69) is 31.3 Å². The van der Waals surface area contributed by atoms with E-state index in [0.29, 0.717) is 16.9 Å². The number of benzene rings is 2. The molecule has 0 saturated heterocycles. The molecule has 7 heteroatoms. The van der Waals surface area contributed by atoms with Crippen LogP contribution in [0.25, 0.3) is 0 Å². The molecule has 2 aromatic carbocycles. The molecule has 0 atom stereocenters. The third-order valence-corrected chi connectivity index (χ3v) is 4.58. The lowest BCUT2D eigenvalue weighted by molar-refractivity contribution is -0.114. The predicted octanol–water partition coefficient (Wildman–Crippen LogP) is 4.07. The van der Waals surface area contributed by atoms with E-state index >= 15 is 0 Å². The number of esters is 1. The minimum atomic E-state index is -0.455. The van der Waals surface area contributed by atoms with Crippen LogP contribution >= 0.6 is 15.9 Å². The molecule has 0 aromatic heterocycles. The normalized spacial score (nSPS) is 10.9. The minimum Gasteiger partial charge on any atom is -0.465 e. The number of ether oxygens (including phenoxy) is 1. The molecular weight excluding hydrogens is 412 g/mol. The Balaban J connectivity index is 1.99. The third-order valence-electron chi connectivity index (χ3n) is 3.70. The van der Waals surface area contributed by atoms with E-state index in [-0.39, 0.29) is 5.57 Å². The highest BCUT2D eigenvalue weighted by Crippen LogP contribution is 2.20. The molecule has 0 spiro atoms. The van der Waals surface area contributed by atoms with Crippen LogP contribution < -0.4 is 10.6 Å². The first-order valence-electron chi connectivity index (χ1n) is 8.05. The fraction of sp³-hybridized carbons (Fsp3) is 0.150. The molecule has 27 heavy (non-hydrogen) atoms. The molecule has 0 saturated carbocycles. The zero-order valence-corrected chi connectivity index (χ0v) is 16.7. The lowest BCUT2D eigenvalue weighted by Crippen LogP contribution is -2.16. The Labute approximate surface area is 165 Å². The number of hydrogen-bond acceptors (Lipinski definition) is 4. The van der Waals surface area contributed by atoms with E-state index in [4.69, 9.17) is 0 Å². The van der Waals surface area contributed by atoms with Crippen LogP contribution in [0.4, 0.5) is 11.4 Å². The maximum atomic E-state index is 12.2. The molecule has 0 bridgehead atoms. The van der Waals surface area contributed by atoms with Gasteiger partial charge < -0.3 is 15.4 Å². The van der Waals surface area contributed by atoms with Gasteiger partial charge in [0.1, 0.15) is 0 Å².